The molecular weight excluding hydrogens is 260 g/mol. The van der Waals surface area contributed by atoms with Crippen LogP contribution in [0.3, 0.4) is 0 Å². The van der Waals surface area contributed by atoms with Crippen LogP contribution >= 0.6 is 0 Å². The Hall–Kier alpha value is -1.07. The Morgan fingerprint density at radius 1 is 1.16 bits per heavy atom. The number of sulfonamides is 1. The number of aryl methyl sites for hydroxylation is 1. The lowest BCUT2D eigenvalue weighted by Crippen LogP contribution is -2.47. The lowest BCUT2D eigenvalue weighted by Gasteiger charge is -2.31. The van der Waals surface area contributed by atoms with Gasteiger partial charge in [-0.1, -0.05) is 26.8 Å². The highest BCUT2D eigenvalue weighted by Crippen LogP contribution is 2.25. The van der Waals surface area contributed by atoms with Crippen molar-refractivity contribution >= 4 is 15.7 Å². The minimum atomic E-state index is -3.58. The van der Waals surface area contributed by atoms with E-state index >= 15 is 0 Å². The summed E-state index contributed by atoms with van der Waals surface area (Å²) in [5.41, 5.74) is 6.68. The molecule has 0 aliphatic carbocycles. The van der Waals surface area contributed by atoms with Gasteiger partial charge in [0.05, 0.1) is 5.69 Å². The molecule has 3 N–H and O–H groups in total. The van der Waals surface area contributed by atoms with Crippen molar-refractivity contribution < 1.29 is 8.42 Å². The lowest BCUT2D eigenvalue weighted by atomic mass is 9.91. The van der Waals surface area contributed by atoms with Gasteiger partial charge in [0, 0.05) is 5.54 Å². The molecule has 0 heterocycles. The average molecular weight is 284 g/mol. The van der Waals surface area contributed by atoms with Crippen molar-refractivity contribution in [3.8, 4) is 0 Å². The van der Waals surface area contributed by atoms with Gasteiger partial charge in [0.1, 0.15) is 4.90 Å². The zero-order valence-corrected chi connectivity index (χ0v) is 13.0. The summed E-state index contributed by atoms with van der Waals surface area (Å²) in [4.78, 5) is 0.165. The summed E-state index contributed by atoms with van der Waals surface area (Å²) in [6.07, 6.45) is 2.26. The van der Waals surface area contributed by atoms with Gasteiger partial charge in [0.25, 0.3) is 0 Å². The van der Waals surface area contributed by atoms with E-state index in [2.05, 4.69) is 4.72 Å². The second kappa shape index (κ2) is 5.92. The summed E-state index contributed by atoms with van der Waals surface area (Å²) in [5, 5.41) is 0. The van der Waals surface area contributed by atoms with Gasteiger partial charge < -0.3 is 5.73 Å². The molecule has 0 amide bonds. The van der Waals surface area contributed by atoms with Crippen molar-refractivity contribution in [1.82, 2.24) is 4.72 Å². The van der Waals surface area contributed by atoms with Crippen molar-refractivity contribution in [1.29, 1.82) is 0 Å². The third-order valence-corrected chi connectivity index (χ3v) is 5.49. The molecule has 19 heavy (non-hydrogen) atoms. The Morgan fingerprint density at radius 3 is 2.11 bits per heavy atom. The van der Waals surface area contributed by atoms with E-state index in [1.807, 2.05) is 27.7 Å². The van der Waals surface area contributed by atoms with Crippen LogP contribution in [0, 0.1) is 6.92 Å². The highest BCUT2D eigenvalue weighted by molar-refractivity contribution is 7.89. The van der Waals surface area contributed by atoms with Crippen molar-refractivity contribution in [3.05, 3.63) is 23.8 Å². The second-order valence-corrected chi connectivity index (χ2v) is 6.64. The highest BCUT2D eigenvalue weighted by atomic mass is 32.2. The monoisotopic (exact) mass is 284 g/mol. The van der Waals surface area contributed by atoms with E-state index in [1.165, 1.54) is 0 Å². The SMILES string of the molecule is CCC(CC)(CC)NS(=O)(=O)c1ccc(C)cc1N. The molecule has 1 aromatic carbocycles. The Labute approximate surface area is 116 Å². The molecule has 0 spiro atoms. The molecule has 0 bridgehead atoms. The Bertz CT molecular complexity index is 526. The normalized spacial score (nSPS) is 12.6. The quantitative estimate of drug-likeness (QED) is 0.789. The number of nitrogens with two attached hydrogens (primary N) is 1. The van der Waals surface area contributed by atoms with Crippen LogP contribution in [0.1, 0.15) is 45.6 Å². The first-order valence-corrected chi connectivity index (χ1v) is 8.18. The molecule has 5 heteroatoms. The van der Waals surface area contributed by atoms with E-state index < -0.39 is 15.6 Å². The molecule has 0 saturated heterocycles. The van der Waals surface area contributed by atoms with Crippen LogP contribution in [-0.2, 0) is 10.0 Å². The fourth-order valence-electron chi connectivity index (χ4n) is 2.22. The standard InChI is InChI=1S/C14H24N2O2S/c1-5-14(6-2,7-3)16-19(17,18)13-9-8-11(4)10-12(13)15/h8-10,16H,5-7,15H2,1-4H3. The molecule has 4 nitrogen and oxygen atoms in total. The Kier molecular flexibility index (Phi) is 4.98. The van der Waals surface area contributed by atoms with Gasteiger partial charge in [-0.25, -0.2) is 13.1 Å². The first kappa shape index (κ1) is 16.0. The Morgan fingerprint density at radius 2 is 1.68 bits per heavy atom. The van der Waals surface area contributed by atoms with Crippen LogP contribution in [0.25, 0.3) is 0 Å². The summed E-state index contributed by atoms with van der Waals surface area (Å²) in [7, 11) is -3.58. The van der Waals surface area contributed by atoms with E-state index in [0.29, 0.717) is 5.69 Å². The van der Waals surface area contributed by atoms with Crippen molar-refractivity contribution in [2.75, 3.05) is 5.73 Å². The molecule has 1 rings (SSSR count). The number of anilines is 1. The van der Waals surface area contributed by atoms with Crippen LogP contribution in [0.5, 0.6) is 0 Å². The third kappa shape index (κ3) is 3.48. The molecule has 0 atom stereocenters. The summed E-state index contributed by atoms with van der Waals surface area (Å²) >= 11 is 0. The first-order valence-electron chi connectivity index (χ1n) is 6.70. The molecule has 0 aliphatic rings. The van der Waals surface area contributed by atoms with Gasteiger partial charge in [-0.05, 0) is 43.9 Å². The van der Waals surface area contributed by atoms with Crippen molar-refractivity contribution in [2.24, 2.45) is 0 Å². The number of hydrogen-bond acceptors (Lipinski definition) is 3. The van der Waals surface area contributed by atoms with E-state index in [9.17, 15) is 8.42 Å². The van der Waals surface area contributed by atoms with Crippen LogP contribution < -0.4 is 10.5 Å². The predicted molar refractivity (Wildman–Crippen MR) is 79.5 cm³/mol. The van der Waals surface area contributed by atoms with Gasteiger partial charge in [-0.15, -0.1) is 0 Å². The highest BCUT2D eigenvalue weighted by Gasteiger charge is 2.31. The van der Waals surface area contributed by atoms with E-state index in [-0.39, 0.29) is 4.90 Å². The minimum absolute atomic E-state index is 0.165. The number of nitrogens with one attached hydrogen (secondary N) is 1. The summed E-state index contributed by atoms with van der Waals surface area (Å²) in [5.74, 6) is 0. The smallest absolute Gasteiger partial charge is 0.243 e. The maximum atomic E-state index is 12.5. The topological polar surface area (TPSA) is 72.2 Å². The fourth-order valence-corrected chi connectivity index (χ4v) is 3.95. The predicted octanol–water partition coefficient (Wildman–Crippen LogP) is 2.82. The van der Waals surface area contributed by atoms with Crippen LogP contribution in [0.15, 0.2) is 23.1 Å². The molecule has 0 aliphatic heterocycles. The molecule has 108 valence electrons. The minimum Gasteiger partial charge on any atom is -0.398 e. The number of nitrogen functional groups attached to an aromatic ring is 1. The van der Waals surface area contributed by atoms with Gasteiger partial charge >= 0.3 is 0 Å². The largest absolute Gasteiger partial charge is 0.398 e. The van der Waals surface area contributed by atoms with Crippen LogP contribution in [-0.4, -0.2) is 14.0 Å². The number of hydrogen-bond donors (Lipinski definition) is 2. The second-order valence-electron chi connectivity index (χ2n) is 4.99. The van der Waals surface area contributed by atoms with Gasteiger partial charge in [0.2, 0.25) is 10.0 Å². The first-order chi connectivity index (χ1) is 8.80. The third-order valence-electron chi connectivity index (χ3n) is 3.84. The van der Waals surface area contributed by atoms with Crippen molar-refractivity contribution in [2.45, 2.75) is 57.4 Å². The molecule has 0 saturated carbocycles. The number of rotatable bonds is 6. The van der Waals surface area contributed by atoms with Crippen LogP contribution in [0.4, 0.5) is 5.69 Å². The molecule has 0 unspecified atom stereocenters. The van der Waals surface area contributed by atoms with Gasteiger partial charge in [0.15, 0.2) is 0 Å². The van der Waals surface area contributed by atoms with E-state index in [1.54, 1.807) is 18.2 Å². The van der Waals surface area contributed by atoms with Gasteiger partial charge in [-0.2, -0.15) is 0 Å². The fraction of sp³-hybridized carbons (Fsp3) is 0.571. The Balaban J connectivity index is 3.17. The van der Waals surface area contributed by atoms with E-state index in [0.717, 1.165) is 24.8 Å². The molecule has 0 radical (unpaired) electrons. The maximum Gasteiger partial charge on any atom is 0.243 e. The summed E-state index contributed by atoms with van der Waals surface area (Å²) < 4.78 is 27.8. The zero-order valence-electron chi connectivity index (χ0n) is 12.2. The molecule has 0 aromatic heterocycles. The summed E-state index contributed by atoms with van der Waals surface area (Å²) in [6.45, 7) is 7.87. The van der Waals surface area contributed by atoms with E-state index in [4.69, 9.17) is 5.73 Å². The maximum absolute atomic E-state index is 12.5. The molecule has 1 aromatic rings. The average Bonchev–Trinajstić information content (AvgIpc) is 2.35. The van der Waals surface area contributed by atoms with Crippen LogP contribution in [0.2, 0.25) is 0 Å². The number of benzene rings is 1. The molecule has 0 fully saturated rings. The summed E-state index contributed by atoms with van der Waals surface area (Å²) in [6, 6.07) is 5.01. The molecular formula is C14H24N2O2S. The zero-order chi connectivity index (χ0) is 14.7. The lowest BCUT2D eigenvalue weighted by molar-refractivity contribution is 0.342. The van der Waals surface area contributed by atoms with Crippen molar-refractivity contribution in [3.63, 3.8) is 0 Å². The van der Waals surface area contributed by atoms with Gasteiger partial charge in [-0.3, -0.25) is 0 Å².